The maximum absolute atomic E-state index is 12.6. The highest BCUT2D eigenvalue weighted by atomic mass is 32.2. The van der Waals surface area contributed by atoms with Crippen molar-refractivity contribution in [1.29, 1.82) is 0 Å². The second kappa shape index (κ2) is 12.4. The van der Waals surface area contributed by atoms with Crippen LogP contribution in [0.5, 0.6) is 0 Å². The van der Waals surface area contributed by atoms with Crippen LogP contribution < -0.4 is 0 Å². The molecule has 31 heavy (non-hydrogen) atoms. The number of rotatable bonds is 9. The lowest BCUT2D eigenvalue weighted by molar-refractivity contribution is -0.142. The Kier molecular flexibility index (Phi) is 9.24. The SMILES string of the molecule is CC(=O)OCc1ccc(CN2CCCN(C(=O)CCS/C=C\c3ccccc3)CC2)o1. The van der Waals surface area contributed by atoms with Gasteiger partial charge in [-0.25, -0.2) is 0 Å². The van der Waals surface area contributed by atoms with Gasteiger partial charge in [-0.3, -0.25) is 14.5 Å². The van der Waals surface area contributed by atoms with Gasteiger partial charge in [0.05, 0.1) is 6.54 Å². The smallest absolute Gasteiger partial charge is 0.303 e. The van der Waals surface area contributed by atoms with Crippen LogP contribution in [0.15, 0.2) is 52.3 Å². The summed E-state index contributed by atoms with van der Waals surface area (Å²) in [6.07, 6.45) is 3.58. The summed E-state index contributed by atoms with van der Waals surface area (Å²) in [6, 6.07) is 13.9. The van der Waals surface area contributed by atoms with E-state index >= 15 is 0 Å². The van der Waals surface area contributed by atoms with Crippen molar-refractivity contribution in [3.05, 3.63) is 65.0 Å². The quantitative estimate of drug-likeness (QED) is 0.429. The van der Waals surface area contributed by atoms with E-state index in [2.05, 4.69) is 28.5 Å². The first-order chi connectivity index (χ1) is 15.1. The van der Waals surface area contributed by atoms with Gasteiger partial charge >= 0.3 is 5.97 Å². The highest BCUT2D eigenvalue weighted by Crippen LogP contribution is 2.15. The summed E-state index contributed by atoms with van der Waals surface area (Å²) >= 11 is 1.67. The number of carbonyl (C=O) groups is 2. The van der Waals surface area contributed by atoms with Crippen LogP contribution in [0.2, 0.25) is 0 Å². The van der Waals surface area contributed by atoms with Crippen molar-refractivity contribution in [2.75, 3.05) is 31.9 Å². The van der Waals surface area contributed by atoms with Crippen molar-refractivity contribution in [2.24, 2.45) is 0 Å². The molecule has 3 rings (SSSR count). The molecule has 7 heteroatoms. The Labute approximate surface area is 188 Å². The third-order valence-corrected chi connectivity index (χ3v) is 5.81. The summed E-state index contributed by atoms with van der Waals surface area (Å²) in [5.41, 5.74) is 1.17. The van der Waals surface area contributed by atoms with Crippen LogP contribution in [-0.2, 0) is 27.5 Å². The van der Waals surface area contributed by atoms with E-state index in [0.29, 0.717) is 18.7 Å². The molecule has 0 aliphatic carbocycles. The number of ether oxygens (including phenoxy) is 1. The van der Waals surface area contributed by atoms with Crippen LogP contribution in [0.3, 0.4) is 0 Å². The number of esters is 1. The van der Waals surface area contributed by atoms with Gasteiger partial charge in [-0.1, -0.05) is 30.3 Å². The molecule has 1 amide bonds. The lowest BCUT2D eigenvalue weighted by Crippen LogP contribution is -2.35. The summed E-state index contributed by atoms with van der Waals surface area (Å²) in [6.45, 7) is 5.54. The zero-order valence-corrected chi connectivity index (χ0v) is 18.8. The first-order valence-corrected chi connectivity index (χ1v) is 11.7. The average molecular weight is 443 g/mol. The van der Waals surface area contributed by atoms with Crippen molar-refractivity contribution in [1.82, 2.24) is 9.80 Å². The lowest BCUT2D eigenvalue weighted by atomic mass is 10.2. The normalized spacial score (nSPS) is 15.2. The van der Waals surface area contributed by atoms with Gasteiger partial charge in [0.1, 0.15) is 18.1 Å². The van der Waals surface area contributed by atoms with Gasteiger partial charge in [0.25, 0.3) is 0 Å². The maximum Gasteiger partial charge on any atom is 0.303 e. The van der Waals surface area contributed by atoms with E-state index < -0.39 is 0 Å². The summed E-state index contributed by atoms with van der Waals surface area (Å²) in [7, 11) is 0. The molecule has 0 unspecified atom stereocenters. The lowest BCUT2D eigenvalue weighted by Gasteiger charge is -2.21. The van der Waals surface area contributed by atoms with Crippen LogP contribution in [0.1, 0.15) is 36.8 Å². The number of nitrogens with zero attached hydrogens (tertiary/aromatic N) is 2. The molecular weight excluding hydrogens is 412 g/mol. The zero-order valence-electron chi connectivity index (χ0n) is 18.0. The minimum atomic E-state index is -0.319. The molecule has 1 aromatic carbocycles. The van der Waals surface area contributed by atoms with Crippen LogP contribution in [0, 0.1) is 0 Å². The van der Waals surface area contributed by atoms with Crippen molar-refractivity contribution >= 4 is 29.7 Å². The molecule has 2 heterocycles. The van der Waals surface area contributed by atoms with E-state index in [9.17, 15) is 9.59 Å². The van der Waals surface area contributed by atoms with E-state index in [1.54, 1.807) is 11.8 Å². The van der Waals surface area contributed by atoms with E-state index in [1.165, 1.54) is 12.5 Å². The van der Waals surface area contributed by atoms with E-state index in [1.807, 2.05) is 35.2 Å². The standard InChI is InChI=1S/C24H30N2O4S/c1-20(27)29-19-23-9-8-22(30-23)18-25-12-5-13-26(15-14-25)24(28)11-17-31-16-10-21-6-3-2-4-7-21/h2-4,6-10,16H,5,11-15,17-19H2,1H3/b16-10-. The molecule has 1 fully saturated rings. The number of amides is 1. The van der Waals surface area contributed by atoms with Crippen molar-refractivity contribution in [3.63, 3.8) is 0 Å². The van der Waals surface area contributed by atoms with Crippen LogP contribution in [0.25, 0.3) is 6.08 Å². The predicted octanol–water partition coefficient (Wildman–Crippen LogP) is 4.17. The van der Waals surface area contributed by atoms with Crippen LogP contribution in [-0.4, -0.2) is 53.6 Å². The second-order valence-electron chi connectivity index (χ2n) is 7.49. The highest BCUT2D eigenvalue weighted by molar-refractivity contribution is 8.02. The molecule has 1 aliphatic heterocycles. The Morgan fingerprint density at radius 3 is 2.68 bits per heavy atom. The van der Waals surface area contributed by atoms with Gasteiger partial charge in [0, 0.05) is 45.3 Å². The van der Waals surface area contributed by atoms with E-state index in [-0.39, 0.29) is 18.5 Å². The average Bonchev–Trinajstić information content (AvgIpc) is 3.08. The molecule has 1 aromatic heterocycles. The van der Waals surface area contributed by atoms with Gasteiger partial charge < -0.3 is 14.1 Å². The molecule has 0 bridgehead atoms. The topological polar surface area (TPSA) is 63.0 Å². The predicted molar refractivity (Wildman–Crippen MR) is 123 cm³/mol. The van der Waals surface area contributed by atoms with Crippen LogP contribution >= 0.6 is 11.8 Å². The van der Waals surface area contributed by atoms with Crippen molar-refractivity contribution in [3.8, 4) is 0 Å². The third-order valence-electron chi connectivity index (χ3n) is 5.05. The molecule has 1 saturated heterocycles. The fourth-order valence-corrected chi connectivity index (χ4v) is 4.10. The highest BCUT2D eigenvalue weighted by Gasteiger charge is 2.19. The fraction of sp³-hybridized carbons (Fsp3) is 0.417. The first kappa shape index (κ1) is 23.2. The minimum Gasteiger partial charge on any atom is -0.461 e. The molecule has 0 N–H and O–H groups in total. The summed E-state index contributed by atoms with van der Waals surface area (Å²) in [4.78, 5) is 27.8. The molecule has 0 radical (unpaired) electrons. The second-order valence-corrected chi connectivity index (χ2v) is 8.51. The Balaban J connectivity index is 1.36. The molecule has 0 spiro atoms. The summed E-state index contributed by atoms with van der Waals surface area (Å²) < 4.78 is 10.7. The Hall–Kier alpha value is -2.51. The van der Waals surface area contributed by atoms with Crippen LogP contribution in [0.4, 0.5) is 0 Å². The van der Waals surface area contributed by atoms with Gasteiger partial charge in [-0.15, -0.1) is 11.8 Å². The molecule has 166 valence electrons. The molecule has 6 nitrogen and oxygen atoms in total. The van der Waals surface area contributed by atoms with Gasteiger partial charge in [-0.2, -0.15) is 0 Å². The van der Waals surface area contributed by atoms with E-state index in [4.69, 9.17) is 9.15 Å². The summed E-state index contributed by atoms with van der Waals surface area (Å²) in [5.74, 6) is 2.20. The minimum absolute atomic E-state index is 0.163. The Bertz CT molecular complexity index is 865. The number of carbonyl (C=O) groups excluding carboxylic acids is 2. The molecular formula is C24H30N2O4S. The van der Waals surface area contributed by atoms with Gasteiger partial charge in [0.15, 0.2) is 0 Å². The third kappa shape index (κ3) is 8.26. The molecule has 2 aromatic rings. The number of hydrogen-bond acceptors (Lipinski definition) is 6. The largest absolute Gasteiger partial charge is 0.461 e. The van der Waals surface area contributed by atoms with E-state index in [0.717, 1.165) is 44.1 Å². The first-order valence-electron chi connectivity index (χ1n) is 10.6. The van der Waals surface area contributed by atoms with Crippen molar-refractivity contribution < 1.29 is 18.7 Å². The maximum atomic E-state index is 12.6. The molecule has 1 aliphatic rings. The number of benzene rings is 1. The Morgan fingerprint density at radius 1 is 1.06 bits per heavy atom. The fourth-order valence-electron chi connectivity index (χ4n) is 3.42. The zero-order chi connectivity index (χ0) is 21.9. The monoisotopic (exact) mass is 442 g/mol. The number of furan rings is 1. The van der Waals surface area contributed by atoms with Gasteiger partial charge in [-0.05, 0) is 35.6 Å². The summed E-state index contributed by atoms with van der Waals surface area (Å²) in [5, 5.41) is 2.06. The molecule has 0 saturated carbocycles. The number of hydrogen-bond donors (Lipinski definition) is 0. The number of thioether (sulfide) groups is 1. The Morgan fingerprint density at radius 2 is 1.87 bits per heavy atom. The van der Waals surface area contributed by atoms with Crippen molar-refractivity contribution in [2.45, 2.75) is 32.9 Å². The molecule has 0 atom stereocenters. The van der Waals surface area contributed by atoms with Gasteiger partial charge in [0.2, 0.25) is 5.91 Å².